The van der Waals surface area contributed by atoms with Gasteiger partial charge in [-0.15, -0.1) is 11.8 Å². The predicted molar refractivity (Wildman–Crippen MR) is 95.0 cm³/mol. The van der Waals surface area contributed by atoms with Gasteiger partial charge in [0.25, 0.3) is 0 Å². The van der Waals surface area contributed by atoms with Crippen molar-refractivity contribution in [2.45, 2.75) is 30.4 Å². The van der Waals surface area contributed by atoms with Gasteiger partial charge in [0.1, 0.15) is 0 Å². The van der Waals surface area contributed by atoms with Crippen LogP contribution in [-0.2, 0) is 0 Å². The van der Waals surface area contributed by atoms with Crippen LogP contribution in [0.15, 0.2) is 71.6 Å². The van der Waals surface area contributed by atoms with E-state index in [1.807, 2.05) is 11.8 Å². The molecule has 3 aromatic rings. The fraction of sp³-hybridized carbons (Fsp3) is 0.200. The maximum Gasteiger partial charge on any atom is 0.0156 e. The van der Waals surface area contributed by atoms with Gasteiger partial charge in [0.15, 0.2) is 0 Å². The number of fused-ring (bicyclic) bond motifs is 1. The Morgan fingerprint density at radius 2 is 1.48 bits per heavy atom. The average molecular weight is 292 g/mol. The molecule has 0 bridgehead atoms. The van der Waals surface area contributed by atoms with E-state index in [-0.39, 0.29) is 4.75 Å². The molecular formula is C20H20S. The van der Waals surface area contributed by atoms with Crippen molar-refractivity contribution in [2.75, 3.05) is 0 Å². The summed E-state index contributed by atoms with van der Waals surface area (Å²) in [5.41, 5.74) is 2.55. The van der Waals surface area contributed by atoms with Gasteiger partial charge >= 0.3 is 0 Å². The molecule has 0 nitrogen and oxygen atoms in total. The third-order valence-electron chi connectivity index (χ3n) is 3.36. The second kappa shape index (κ2) is 5.57. The van der Waals surface area contributed by atoms with Crippen molar-refractivity contribution in [3.05, 3.63) is 66.7 Å². The standard InChI is InChI=1S/C20H20S/c1-20(2,3)21-19-11-7-10-17-14-16(12-13-18(17)19)15-8-5-4-6-9-15/h4-14H,1-3H3. The first-order valence-corrected chi connectivity index (χ1v) is 8.12. The summed E-state index contributed by atoms with van der Waals surface area (Å²) in [4.78, 5) is 1.36. The summed E-state index contributed by atoms with van der Waals surface area (Å²) in [5, 5.41) is 2.66. The second-order valence-corrected chi connectivity index (χ2v) is 8.14. The molecule has 0 aromatic heterocycles. The van der Waals surface area contributed by atoms with Crippen molar-refractivity contribution in [2.24, 2.45) is 0 Å². The van der Waals surface area contributed by atoms with E-state index >= 15 is 0 Å². The lowest BCUT2D eigenvalue weighted by molar-refractivity contribution is 0.803. The molecule has 3 rings (SSSR count). The Labute approximate surface area is 131 Å². The highest BCUT2D eigenvalue weighted by molar-refractivity contribution is 8.00. The molecule has 0 aliphatic rings. The zero-order valence-corrected chi connectivity index (χ0v) is 13.6. The average Bonchev–Trinajstić information content (AvgIpc) is 2.46. The largest absolute Gasteiger partial charge is 0.120 e. The SMILES string of the molecule is CC(C)(C)Sc1cccc2cc(-c3ccccc3)ccc12. The molecule has 1 heteroatoms. The molecule has 106 valence electrons. The zero-order chi connectivity index (χ0) is 14.9. The maximum absolute atomic E-state index is 2.29. The Morgan fingerprint density at radius 3 is 2.19 bits per heavy atom. The van der Waals surface area contributed by atoms with E-state index in [2.05, 4.69) is 87.5 Å². The predicted octanol–water partition coefficient (Wildman–Crippen LogP) is 6.40. The van der Waals surface area contributed by atoms with Crippen molar-refractivity contribution < 1.29 is 0 Å². The van der Waals surface area contributed by atoms with Crippen LogP contribution in [0.4, 0.5) is 0 Å². The van der Waals surface area contributed by atoms with Crippen LogP contribution in [0.2, 0.25) is 0 Å². The lowest BCUT2D eigenvalue weighted by Gasteiger charge is -2.19. The normalized spacial score (nSPS) is 11.8. The van der Waals surface area contributed by atoms with Crippen molar-refractivity contribution in [3.63, 3.8) is 0 Å². The first-order valence-electron chi connectivity index (χ1n) is 7.30. The quantitative estimate of drug-likeness (QED) is 0.493. The highest BCUT2D eigenvalue weighted by Crippen LogP contribution is 2.37. The summed E-state index contributed by atoms with van der Waals surface area (Å²) >= 11 is 1.93. The highest BCUT2D eigenvalue weighted by Gasteiger charge is 2.14. The summed E-state index contributed by atoms with van der Waals surface area (Å²) in [6.45, 7) is 6.78. The van der Waals surface area contributed by atoms with Gasteiger partial charge in [-0.05, 0) is 34.0 Å². The third kappa shape index (κ3) is 3.30. The molecule has 0 unspecified atom stereocenters. The van der Waals surface area contributed by atoms with Crippen molar-refractivity contribution in [1.29, 1.82) is 0 Å². The number of hydrogen-bond donors (Lipinski definition) is 0. The van der Waals surface area contributed by atoms with Crippen LogP contribution < -0.4 is 0 Å². The summed E-state index contributed by atoms with van der Waals surface area (Å²) in [5.74, 6) is 0. The number of rotatable bonds is 2. The van der Waals surface area contributed by atoms with Crippen LogP contribution in [0.3, 0.4) is 0 Å². The van der Waals surface area contributed by atoms with E-state index in [9.17, 15) is 0 Å². The topological polar surface area (TPSA) is 0 Å². The molecule has 0 spiro atoms. The Balaban J connectivity index is 2.08. The molecule has 0 atom stereocenters. The Kier molecular flexibility index (Phi) is 3.77. The van der Waals surface area contributed by atoms with Gasteiger partial charge in [0.2, 0.25) is 0 Å². The van der Waals surface area contributed by atoms with Crippen molar-refractivity contribution in [1.82, 2.24) is 0 Å². The molecule has 3 aromatic carbocycles. The maximum atomic E-state index is 2.29. The molecule has 0 aliphatic carbocycles. The van der Waals surface area contributed by atoms with Crippen molar-refractivity contribution >= 4 is 22.5 Å². The van der Waals surface area contributed by atoms with Gasteiger partial charge in [-0.2, -0.15) is 0 Å². The monoisotopic (exact) mass is 292 g/mol. The fourth-order valence-electron chi connectivity index (χ4n) is 2.48. The van der Waals surface area contributed by atoms with Gasteiger partial charge in [0, 0.05) is 9.64 Å². The molecule has 0 aliphatic heterocycles. The molecule has 0 fully saturated rings. The molecular weight excluding hydrogens is 272 g/mol. The first kappa shape index (κ1) is 14.2. The minimum Gasteiger partial charge on any atom is -0.120 e. The molecule has 0 heterocycles. The van der Waals surface area contributed by atoms with Crippen LogP contribution in [0.5, 0.6) is 0 Å². The van der Waals surface area contributed by atoms with Crippen molar-refractivity contribution in [3.8, 4) is 11.1 Å². The molecule has 0 radical (unpaired) electrons. The van der Waals surface area contributed by atoms with E-state index in [1.165, 1.54) is 26.8 Å². The van der Waals surface area contributed by atoms with E-state index in [0.717, 1.165) is 0 Å². The lowest BCUT2D eigenvalue weighted by atomic mass is 10.0. The molecule has 21 heavy (non-hydrogen) atoms. The summed E-state index contributed by atoms with van der Waals surface area (Å²) in [6, 6.07) is 23.9. The van der Waals surface area contributed by atoms with Crippen LogP contribution >= 0.6 is 11.8 Å². The minimum absolute atomic E-state index is 0.229. The van der Waals surface area contributed by atoms with Crippen LogP contribution in [0, 0.1) is 0 Å². The van der Waals surface area contributed by atoms with Gasteiger partial charge in [0.05, 0.1) is 0 Å². The summed E-state index contributed by atoms with van der Waals surface area (Å²) in [7, 11) is 0. The Hall–Kier alpha value is -1.73. The summed E-state index contributed by atoms with van der Waals surface area (Å²) in [6.07, 6.45) is 0. The van der Waals surface area contributed by atoms with Crippen LogP contribution in [0.1, 0.15) is 20.8 Å². The minimum atomic E-state index is 0.229. The molecule has 0 saturated carbocycles. The molecule has 0 N–H and O–H groups in total. The molecule has 0 amide bonds. The van der Waals surface area contributed by atoms with Gasteiger partial charge in [-0.3, -0.25) is 0 Å². The first-order chi connectivity index (χ1) is 10.0. The lowest BCUT2D eigenvalue weighted by Crippen LogP contribution is -2.06. The number of benzene rings is 3. The van der Waals surface area contributed by atoms with E-state index in [1.54, 1.807) is 0 Å². The smallest absolute Gasteiger partial charge is 0.0156 e. The van der Waals surface area contributed by atoms with E-state index in [4.69, 9.17) is 0 Å². The second-order valence-electron chi connectivity index (χ2n) is 6.27. The summed E-state index contributed by atoms with van der Waals surface area (Å²) < 4.78 is 0.229. The van der Waals surface area contributed by atoms with Gasteiger partial charge in [-0.25, -0.2) is 0 Å². The van der Waals surface area contributed by atoms with Crippen LogP contribution in [0.25, 0.3) is 21.9 Å². The van der Waals surface area contributed by atoms with Gasteiger partial charge in [-0.1, -0.05) is 75.4 Å². The van der Waals surface area contributed by atoms with Crippen LogP contribution in [-0.4, -0.2) is 4.75 Å². The third-order valence-corrected chi connectivity index (χ3v) is 4.55. The fourth-order valence-corrected chi connectivity index (χ4v) is 3.59. The number of hydrogen-bond acceptors (Lipinski definition) is 1. The zero-order valence-electron chi connectivity index (χ0n) is 12.8. The highest BCUT2D eigenvalue weighted by atomic mass is 32.2. The van der Waals surface area contributed by atoms with Gasteiger partial charge < -0.3 is 0 Å². The Bertz CT molecular complexity index is 752. The number of thioether (sulfide) groups is 1. The van der Waals surface area contributed by atoms with E-state index < -0.39 is 0 Å². The molecule has 0 saturated heterocycles. The Morgan fingerprint density at radius 1 is 0.714 bits per heavy atom. The van der Waals surface area contributed by atoms with E-state index in [0.29, 0.717) is 0 Å².